The van der Waals surface area contributed by atoms with Crippen LogP contribution in [-0.4, -0.2) is 49.7 Å². The van der Waals surface area contributed by atoms with E-state index in [4.69, 9.17) is 4.42 Å². The van der Waals surface area contributed by atoms with E-state index in [0.29, 0.717) is 23.7 Å². The molecular formula is C23H26N2O4S. The number of carbonyl (C=O) groups is 1. The lowest BCUT2D eigenvalue weighted by molar-refractivity contribution is 0.0667. The van der Waals surface area contributed by atoms with Gasteiger partial charge in [-0.3, -0.25) is 4.79 Å². The summed E-state index contributed by atoms with van der Waals surface area (Å²) in [5.74, 6) is 0.149. The standard InChI is InChI=1S/C23H26N2O4S/c1-15-8-9-19(14-17(15)3)30(27,28)25-12-10-24(11-13-25)23(26)22-18(4)20-7-5-6-16(2)21(20)29-22/h5-9,14H,10-13H2,1-4H3. The Hall–Kier alpha value is -2.64. The first kappa shape index (κ1) is 20.6. The molecule has 30 heavy (non-hydrogen) atoms. The summed E-state index contributed by atoms with van der Waals surface area (Å²) in [4.78, 5) is 15.0. The second kappa shape index (κ2) is 7.56. The fourth-order valence-corrected chi connectivity index (χ4v) is 5.39. The smallest absolute Gasteiger partial charge is 0.289 e. The van der Waals surface area contributed by atoms with E-state index in [2.05, 4.69) is 0 Å². The number of amides is 1. The average Bonchev–Trinajstić information content (AvgIpc) is 3.07. The molecule has 2 heterocycles. The van der Waals surface area contributed by atoms with E-state index in [-0.39, 0.29) is 19.0 Å². The zero-order chi connectivity index (χ0) is 21.6. The van der Waals surface area contributed by atoms with Crippen molar-refractivity contribution in [3.8, 4) is 0 Å². The lowest BCUT2D eigenvalue weighted by Gasteiger charge is -2.33. The van der Waals surface area contributed by atoms with Crippen molar-refractivity contribution in [2.24, 2.45) is 0 Å². The van der Waals surface area contributed by atoms with Crippen molar-refractivity contribution in [3.63, 3.8) is 0 Å². The molecule has 0 aliphatic carbocycles. The molecule has 0 saturated carbocycles. The number of carbonyl (C=O) groups excluding carboxylic acids is 1. The van der Waals surface area contributed by atoms with Crippen molar-refractivity contribution in [1.82, 2.24) is 9.21 Å². The Bertz CT molecular complexity index is 1240. The summed E-state index contributed by atoms with van der Waals surface area (Å²) in [5, 5.41) is 0.939. The molecule has 2 aromatic carbocycles. The fourth-order valence-electron chi connectivity index (χ4n) is 3.89. The topological polar surface area (TPSA) is 70.8 Å². The van der Waals surface area contributed by atoms with Crippen molar-refractivity contribution in [1.29, 1.82) is 0 Å². The highest BCUT2D eigenvalue weighted by Crippen LogP contribution is 2.29. The number of benzene rings is 2. The van der Waals surface area contributed by atoms with Gasteiger partial charge in [-0.2, -0.15) is 4.31 Å². The third-order valence-corrected chi connectivity index (χ3v) is 7.89. The maximum atomic E-state index is 13.1. The van der Waals surface area contributed by atoms with Gasteiger partial charge in [-0.1, -0.05) is 24.3 Å². The largest absolute Gasteiger partial charge is 0.450 e. The molecule has 158 valence electrons. The summed E-state index contributed by atoms with van der Waals surface area (Å²) in [7, 11) is -3.58. The number of hydrogen-bond donors (Lipinski definition) is 0. The number of furan rings is 1. The van der Waals surface area contributed by atoms with Gasteiger partial charge in [-0.15, -0.1) is 0 Å². The molecule has 0 spiro atoms. The van der Waals surface area contributed by atoms with E-state index in [0.717, 1.165) is 33.2 Å². The molecule has 6 nitrogen and oxygen atoms in total. The second-order valence-electron chi connectivity index (χ2n) is 7.95. The van der Waals surface area contributed by atoms with Crippen molar-refractivity contribution in [2.45, 2.75) is 32.6 Å². The van der Waals surface area contributed by atoms with Gasteiger partial charge in [0.15, 0.2) is 5.76 Å². The van der Waals surface area contributed by atoms with Gasteiger partial charge in [0, 0.05) is 37.1 Å². The normalized spacial score (nSPS) is 15.7. The van der Waals surface area contributed by atoms with Crippen LogP contribution in [0.15, 0.2) is 45.7 Å². The molecule has 1 fully saturated rings. The van der Waals surface area contributed by atoms with Gasteiger partial charge in [0.25, 0.3) is 5.91 Å². The van der Waals surface area contributed by atoms with E-state index >= 15 is 0 Å². The van der Waals surface area contributed by atoms with Crippen molar-refractivity contribution < 1.29 is 17.6 Å². The summed E-state index contributed by atoms with van der Waals surface area (Å²) in [6.07, 6.45) is 0. The summed E-state index contributed by atoms with van der Waals surface area (Å²) < 4.78 is 33.4. The van der Waals surface area contributed by atoms with Crippen molar-refractivity contribution in [2.75, 3.05) is 26.2 Å². The summed E-state index contributed by atoms with van der Waals surface area (Å²) in [6.45, 7) is 8.89. The van der Waals surface area contributed by atoms with Crippen LogP contribution in [0.4, 0.5) is 0 Å². The molecule has 7 heteroatoms. The summed E-state index contributed by atoms with van der Waals surface area (Å²) in [6, 6.07) is 11.0. The number of piperazine rings is 1. The molecule has 1 saturated heterocycles. The first-order valence-corrected chi connectivity index (χ1v) is 11.5. The average molecular weight is 427 g/mol. The number of fused-ring (bicyclic) bond motifs is 1. The van der Waals surface area contributed by atoms with Crippen LogP contribution in [0.5, 0.6) is 0 Å². The lowest BCUT2D eigenvalue weighted by atomic mass is 10.1. The minimum Gasteiger partial charge on any atom is -0.450 e. The molecular weight excluding hydrogens is 400 g/mol. The molecule has 0 unspecified atom stereocenters. The van der Waals surface area contributed by atoms with Crippen LogP contribution >= 0.6 is 0 Å². The zero-order valence-electron chi connectivity index (χ0n) is 17.7. The molecule has 0 atom stereocenters. The van der Waals surface area contributed by atoms with Crippen molar-refractivity contribution in [3.05, 3.63) is 64.4 Å². The van der Waals surface area contributed by atoms with Crippen LogP contribution in [0.2, 0.25) is 0 Å². The van der Waals surface area contributed by atoms with E-state index < -0.39 is 10.0 Å². The van der Waals surface area contributed by atoms with Gasteiger partial charge < -0.3 is 9.32 Å². The highest BCUT2D eigenvalue weighted by Gasteiger charge is 2.32. The monoisotopic (exact) mass is 426 g/mol. The third-order valence-electron chi connectivity index (χ3n) is 6.00. The van der Waals surface area contributed by atoms with Gasteiger partial charge in [0.05, 0.1) is 4.90 Å². The van der Waals surface area contributed by atoms with Crippen LogP contribution in [0, 0.1) is 27.7 Å². The Morgan fingerprint density at radius 2 is 1.60 bits per heavy atom. The van der Waals surface area contributed by atoms with E-state index in [1.807, 2.05) is 52.0 Å². The number of aryl methyl sites for hydroxylation is 4. The van der Waals surface area contributed by atoms with Gasteiger partial charge in [-0.05, 0) is 56.5 Å². The highest BCUT2D eigenvalue weighted by atomic mass is 32.2. The Morgan fingerprint density at radius 3 is 2.23 bits per heavy atom. The van der Waals surface area contributed by atoms with Crippen LogP contribution in [0.25, 0.3) is 11.0 Å². The summed E-state index contributed by atoms with van der Waals surface area (Å²) in [5.41, 5.74) is 4.54. The third kappa shape index (κ3) is 3.42. The fraction of sp³-hybridized carbons (Fsp3) is 0.348. The van der Waals surface area contributed by atoms with Gasteiger partial charge >= 0.3 is 0 Å². The van der Waals surface area contributed by atoms with Crippen LogP contribution in [-0.2, 0) is 10.0 Å². The van der Waals surface area contributed by atoms with Crippen LogP contribution < -0.4 is 0 Å². The number of para-hydroxylation sites is 1. The zero-order valence-corrected chi connectivity index (χ0v) is 18.5. The van der Waals surface area contributed by atoms with E-state index in [9.17, 15) is 13.2 Å². The Kier molecular flexibility index (Phi) is 5.20. The molecule has 1 aliphatic heterocycles. The Balaban J connectivity index is 1.52. The maximum absolute atomic E-state index is 13.1. The number of nitrogens with zero attached hydrogens (tertiary/aromatic N) is 2. The second-order valence-corrected chi connectivity index (χ2v) is 9.89. The van der Waals surface area contributed by atoms with Gasteiger partial charge in [0.1, 0.15) is 5.58 Å². The minimum absolute atomic E-state index is 0.189. The lowest BCUT2D eigenvalue weighted by Crippen LogP contribution is -2.50. The number of hydrogen-bond acceptors (Lipinski definition) is 4. The maximum Gasteiger partial charge on any atom is 0.289 e. The van der Waals surface area contributed by atoms with Crippen LogP contribution in [0.3, 0.4) is 0 Å². The van der Waals surface area contributed by atoms with Crippen molar-refractivity contribution >= 4 is 26.9 Å². The molecule has 1 aliphatic rings. The molecule has 1 aromatic heterocycles. The molecule has 0 radical (unpaired) electrons. The molecule has 1 amide bonds. The first-order valence-electron chi connectivity index (χ1n) is 10.1. The Morgan fingerprint density at radius 1 is 0.900 bits per heavy atom. The van der Waals surface area contributed by atoms with Crippen LogP contribution in [0.1, 0.15) is 32.8 Å². The summed E-state index contributed by atoms with van der Waals surface area (Å²) >= 11 is 0. The molecule has 4 rings (SSSR count). The minimum atomic E-state index is -3.58. The number of sulfonamides is 1. The highest BCUT2D eigenvalue weighted by molar-refractivity contribution is 7.89. The molecule has 3 aromatic rings. The first-order chi connectivity index (χ1) is 14.2. The number of rotatable bonds is 3. The van der Waals surface area contributed by atoms with E-state index in [1.54, 1.807) is 17.0 Å². The Labute approximate surface area is 177 Å². The van der Waals surface area contributed by atoms with Gasteiger partial charge in [-0.25, -0.2) is 8.42 Å². The van der Waals surface area contributed by atoms with Gasteiger partial charge in [0.2, 0.25) is 10.0 Å². The SMILES string of the molecule is Cc1ccc(S(=O)(=O)N2CCN(C(=O)c3oc4c(C)cccc4c3C)CC2)cc1C. The predicted octanol–water partition coefficient (Wildman–Crippen LogP) is 3.81. The quantitative estimate of drug-likeness (QED) is 0.638. The van der Waals surface area contributed by atoms with E-state index in [1.165, 1.54) is 4.31 Å². The molecule has 0 N–H and O–H groups in total. The molecule has 0 bridgehead atoms. The predicted molar refractivity (Wildman–Crippen MR) is 116 cm³/mol.